The van der Waals surface area contributed by atoms with E-state index in [1.54, 1.807) is 0 Å². The van der Waals surface area contributed by atoms with Gasteiger partial charge in [-0.05, 0) is 29.5 Å². The second-order valence-corrected chi connectivity index (χ2v) is 5.82. The first-order valence-electron chi connectivity index (χ1n) is 6.55. The van der Waals surface area contributed by atoms with E-state index in [0.29, 0.717) is 12.0 Å². The number of hydrogen-bond acceptors (Lipinski definition) is 3. The lowest BCUT2D eigenvalue weighted by atomic mass is 10.0. The third-order valence-electron chi connectivity index (χ3n) is 3.08. The maximum absolute atomic E-state index is 5.72. The first kappa shape index (κ1) is 13.4. The van der Waals surface area contributed by atoms with Crippen molar-refractivity contribution in [1.29, 1.82) is 0 Å². The van der Waals surface area contributed by atoms with Gasteiger partial charge in [-0.1, -0.05) is 26.8 Å². The number of thiophene rings is 1. The van der Waals surface area contributed by atoms with Crippen molar-refractivity contribution in [2.45, 2.75) is 39.8 Å². The molecule has 0 aliphatic rings. The number of hydrogen-bond donors (Lipinski definition) is 1. The van der Waals surface area contributed by atoms with Crippen molar-refractivity contribution < 1.29 is 4.42 Å². The van der Waals surface area contributed by atoms with Crippen molar-refractivity contribution in [1.82, 2.24) is 5.32 Å². The van der Waals surface area contributed by atoms with Crippen LogP contribution in [0.4, 0.5) is 0 Å². The molecule has 2 heterocycles. The van der Waals surface area contributed by atoms with Crippen LogP contribution in [0.2, 0.25) is 0 Å². The Balaban J connectivity index is 1.98. The van der Waals surface area contributed by atoms with Gasteiger partial charge in [-0.25, -0.2) is 0 Å². The standard InChI is InChI=1S/C15H21NOS/c1-4-12-7-8-13(17-12)10-16-15(11(2)3)14-6-5-9-18-14/h5-9,11,15-16H,4,10H2,1-3H3. The van der Waals surface area contributed by atoms with Gasteiger partial charge in [0.1, 0.15) is 11.5 Å². The molecule has 1 unspecified atom stereocenters. The van der Waals surface area contributed by atoms with Crippen molar-refractivity contribution in [3.8, 4) is 0 Å². The van der Waals surface area contributed by atoms with Crippen LogP contribution in [0.3, 0.4) is 0 Å². The van der Waals surface area contributed by atoms with E-state index in [1.807, 2.05) is 11.3 Å². The summed E-state index contributed by atoms with van der Waals surface area (Å²) in [6.45, 7) is 7.40. The highest BCUT2D eigenvalue weighted by atomic mass is 32.1. The molecule has 0 saturated heterocycles. The Labute approximate surface area is 113 Å². The van der Waals surface area contributed by atoms with E-state index >= 15 is 0 Å². The number of nitrogens with one attached hydrogen (secondary N) is 1. The fraction of sp³-hybridized carbons (Fsp3) is 0.467. The van der Waals surface area contributed by atoms with Crippen LogP contribution in [-0.4, -0.2) is 0 Å². The molecule has 0 aromatic carbocycles. The highest BCUT2D eigenvalue weighted by molar-refractivity contribution is 7.10. The normalized spacial score (nSPS) is 13.1. The number of furan rings is 1. The second kappa shape index (κ2) is 6.21. The molecule has 18 heavy (non-hydrogen) atoms. The first-order valence-corrected chi connectivity index (χ1v) is 7.43. The Bertz CT molecular complexity index is 459. The van der Waals surface area contributed by atoms with Crippen molar-refractivity contribution in [2.24, 2.45) is 5.92 Å². The van der Waals surface area contributed by atoms with E-state index in [2.05, 4.69) is 55.7 Å². The predicted molar refractivity (Wildman–Crippen MR) is 76.8 cm³/mol. The molecule has 2 nitrogen and oxygen atoms in total. The van der Waals surface area contributed by atoms with Crippen LogP contribution in [-0.2, 0) is 13.0 Å². The quantitative estimate of drug-likeness (QED) is 0.836. The molecule has 0 radical (unpaired) electrons. The molecular formula is C15H21NOS. The molecule has 0 aliphatic carbocycles. The van der Waals surface area contributed by atoms with E-state index in [-0.39, 0.29) is 0 Å². The Morgan fingerprint density at radius 2 is 2.00 bits per heavy atom. The van der Waals surface area contributed by atoms with Gasteiger partial charge < -0.3 is 9.73 Å². The molecule has 0 bridgehead atoms. The zero-order valence-corrected chi connectivity index (χ0v) is 12.1. The summed E-state index contributed by atoms with van der Waals surface area (Å²) < 4.78 is 5.72. The van der Waals surface area contributed by atoms with E-state index in [4.69, 9.17) is 4.42 Å². The van der Waals surface area contributed by atoms with E-state index in [0.717, 1.165) is 24.5 Å². The summed E-state index contributed by atoms with van der Waals surface area (Å²) in [5.41, 5.74) is 0. The molecule has 2 aromatic heterocycles. The molecule has 98 valence electrons. The van der Waals surface area contributed by atoms with Crippen molar-refractivity contribution >= 4 is 11.3 Å². The minimum absolute atomic E-state index is 0.403. The lowest BCUT2D eigenvalue weighted by Crippen LogP contribution is -2.24. The lowest BCUT2D eigenvalue weighted by molar-refractivity contribution is 0.381. The Kier molecular flexibility index (Phi) is 4.61. The summed E-state index contributed by atoms with van der Waals surface area (Å²) in [5.74, 6) is 2.65. The molecular weight excluding hydrogens is 242 g/mol. The van der Waals surface area contributed by atoms with E-state index in [9.17, 15) is 0 Å². The first-order chi connectivity index (χ1) is 8.70. The average molecular weight is 263 g/mol. The SMILES string of the molecule is CCc1ccc(CNC(c2cccs2)C(C)C)o1. The van der Waals surface area contributed by atoms with E-state index in [1.165, 1.54) is 4.88 Å². The highest BCUT2D eigenvalue weighted by Gasteiger charge is 2.16. The minimum atomic E-state index is 0.403. The maximum Gasteiger partial charge on any atom is 0.117 e. The van der Waals surface area contributed by atoms with Gasteiger partial charge >= 0.3 is 0 Å². The zero-order chi connectivity index (χ0) is 13.0. The van der Waals surface area contributed by atoms with Crippen molar-refractivity contribution in [3.63, 3.8) is 0 Å². The van der Waals surface area contributed by atoms with Crippen LogP contribution < -0.4 is 5.32 Å². The number of aryl methyl sites for hydroxylation is 1. The van der Waals surface area contributed by atoms with Gasteiger partial charge in [0.25, 0.3) is 0 Å². The van der Waals surface area contributed by atoms with Crippen molar-refractivity contribution in [2.75, 3.05) is 0 Å². The Morgan fingerprint density at radius 1 is 1.22 bits per heavy atom. The zero-order valence-electron chi connectivity index (χ0n) is 11.3. The number of rotatable bonds is 6. The summed E-state index contributed by atoms with van der Waals surface area (Å²) in [5, 5.41) is 5.73. The molecule has 2 rings (SSSR count). The summed E-state index contributed by atoms with van der Waals surface area (Å²) in [7, 11) is 0. The molecule has 0 amide bonds. The lowest BCUT2D eigenvalue weighted by Gasteiger charge is -2.20. The van der Waals surface area contributed by atoms with Crippen LogP contribution in [0.5, 0.6) is 0 Å². The van der Waals surface area contributed by atoms with Gasteiger partial charge in [0, 0.05) is 17.3 Å². The monoisotopic (exact) mass is 263 g/mol. The molecule has 3 heteroatoms. The highest BCUT2D eigenvalue weighted by Crippen LogP contribution is 2.26. The molecule has 1 N–H and O–H groups in total. The third-order valence-corrected chi connectivity index (χ3v) is 4.03. The summed E-state index contributed by atoms with van der Waals surface area (Å²) in [6.07, 6.45) is 0.957. The average Bonchev–Trinajstić information content (AvgIpc) is 2.99. The van der Waals surface area contributed by atoms with Gasteiger partial charge in [-0.2, -0.15) is 0 Å². The van der Waals surface area contributed by atoms with Gasteiger partial charge in [-0.15, -0.1) is 11.3 Å². The van der Waals surface area contributed by atoms with Gasteiger partial charge in [0.2, 0.25) is 0 Å². The van der Waals surface area contributed by atoms with Crippen LogP contribution >= 0.6 is 11.3 Å². The largest absolute Gasteiger partial charge is 0.465 e. The molecule has 0 spiro atoms. The van der Waals surface area contributed by atoms with Gasteiger partial charge in [-0.3, -0.25) is 0 Å². The van der Waals surface area contributed by atoms with Crippen molar-refractivity contribution in [3.05, 3.63) is 46.0 Å². The predicted octanol–water partition coefficient (Wildman–Crippen LogP) is 4.39. The second-order valence-electron chi connectivity index (χ2n) is 4.84. The fourth-order valence-electron chi connectivity index (χ4n) is 2.05. The fourth-order valence-corrected chi connectivity index (χ4v) is 3.02. The molecule has 0 fully saturated rings. The topological polar surface area (TPSA) is 25.2 Å². The third kappa shape index (κ3) is 3.24. The van der Waals surface area contributed by atoms with Crippen LogP contribution in [0.25, 0.3) is 0 Å². The Hall–Kier alpha value is -1.06. The smallest absolute Gasteiger partial charge is 0.117 e. The molecule has 2 aromatic rings. The van der Waals surface area contributed by atoms with Gasteiger partial charge in [0.15, 0.2) is 0 Å². The summed E-state index contributed by atoms with van der Waals surface area (Å²) >= 11 is 1.81. The molecule has 0 aliphatic heterocycles. The van der Waals surface area contributed by atoms with E-state index < -0.39 is 0 Å². The Morgan fingerprint density at radius 3 is 2.56 bits per heavy atom. The van der Waals surface area contributed by atoms with Crippen LogP contribution in [0, 0.1) is 5.92 Å². The molecule has 1 atom stereocenters. The maximum atomic E-state index is 5.72. The summed E-state index contributed by atoms with van der Waals surface area (Å²) in [6, 6.07) is 8.84. The summed E-state index contributed by atoms with van der Waals surface area (Å²) in [4.78, 5) is 1.40. The van der Waals surface area contributed by atoms with Crippen LogP contribution in [0.15, 0.2) is 34.1 Å². The van der Waals surface area contributed by atoms with Crippen LogP contribution in [0.1, 0.15) is 43.2 Å². The van der Waals surface area contributed by atoms with Gasteiger partial charge in [0.05, 0.1) is 6.54 Å². The minimum Gasteiger partial charge on any atom is -0.465 e. The molecule has 0 saturated carbocycles.